The summed E-state index contributed by atoms with van der Waals surface area (Å²) < 4.78 is 0. The Morgan fingerprint density at radius 3 is 2.85 bits per heavy atom. The quantitative estimate of drug-likeness (QED) is 0.325. The van der Waals surface area contributed by atoms with Gasteiger partial charge in [-0.3, -0.25) is 10.1 Å². The molecule has 0 aliphatic heterocycles. The van der Waals surface area contributed by atoms with Crippen molar-refractivity contribution in [2.75, 3.05) is 5.33 Å². The third-order valence-corrected chi connectivity index (χ3v) is 1.52. The van der Waals surface area contributed by atoms with Gasteiger partial charge in [0.2, 0.25) is 0 Å². The zero-order valence-electron chi connectivity index (χ0n) is 6.53. The lowest BCUT2D eigenvalue weighted by atomic mass is 10.3. The van der Waals surface area contributed by atoms with Crippen molar-refractivity contribution in [3.8, 4) is 11.8 Å². The summed E-state index contributed by atoms with van der Waals surface area (Å²) in [5.41, 5.74) is 0.509. The molecule has 1 aromatic rings. The van der Waals surface area contributed by atoms with Gasteiger partial charge in [0.15, 0.2) is 0 Å². The predicted octanol–water partition coefficient (Wildman–Crippen LogP) is 1.74. The van der Waals surface area contributed by atoms with Crippen molar-refractivity contribution >= 4 is 21.6 Å². The van der Waals surface area contributed by atoms with E-state index in [1.807, 2.05) is 0 Å². The van der Waals surface area contributed by atoms with Crippen molar-refractivity contribution in [1.82, 2.24) is 4.98 Å². The monoisotopic (exact) mass is 240 g/mol. The van der Waals surface area contributed by atoms with Gasteiger partial charge in [-0.25, -0.2) is 4.98 Å². The van der Waals surface area contributed by atoms with Crippen molar-refractivity contribution in [3.05, 3.63) is 34.1 Å². The molecule has 0 unspecified atom stereocenters. The summed E-state index contributed by atoms with van der Waals surface area (Å²) in [4.78, 5) is 13.6. The molecule has 1 heterocycles. The summed E-state index contributed by atoms with van der Waals surface area (Å²) in [6.07, 6.45) is 1.19. The molecule has 0 aliphatic rings. The Kier molecular flexibility index (Phi) is 3.41. The van der Waals surface area contributed by atoms with Crippen LogP contribution in [0, 0.1) is 22.0 Å². The van der Waals surface area contributed by atoms with E-state index in [0.29, 0.717) is 11.0 Å². The lowest BCUT2D eigenvalue weighted by molar-refractivity contribution is -0.385. The van der Waals surface area contributed by atoms with Crippen LogP contribution in [0.25, 0.3) is 0 Å². The van der Waals surface area contributed by atoms with E-state index in [-0.39, 0.29) is 5.69 Å². The van der Waals surface area contributed by atoms with E-state index in [1.165, 1.54) is 18.3 Å². The molecule has 1 aromatic heterocycles. The van der Waals surface area contributed by atoms with E-state index in [0.717, 1.165) is 0 Å². The third-order valence-electron chi connectivity index (χ3n) is 1.24. The first-order chi connectivity index (χ1) is 6.24. The Morgan fingerprint density at radius 2 is 2.38 bits per heavy atom. The smallest absolute Gasteiger partial charge is 0.258 e. The molecule has 0 aromatic carbocycles. The number of nitro groups is 1. The van der Waals surface area contributed by atoms with Gasteiger partial charge in [-0.1, -0.05) is 21.9 Å². The first kappa shape index (κ1) is 9.68. The minimum absolute atomic E-state index is 0.0237. The maximum absolute atomic E-state index is 10.2. The van der Waals surface area contributed by atoms with Crippen LogP contribution in [-0.2, 0) is 0 Å². The molecule has 4 nitrogen and oxygen atoms in total. The lowest BCUT2D eigenvalue weighted by Crippen LogP contribution is -1.89. The van der Waals surface area contributed by atoms with E-state index in [1.54, 1.807) is 0 Å². The standard InChI is InChI=1S/C8H5BrN2O2/c9-5-1-2-7-3-4-8(6-10-7)11(12)13/h3-4,6H,5H2. The zero-order valence-corrected chi connectivity index (χ0v) is 8.11. The fourth-order valence-corrected chi connectivity index (χ4v) is 0.832. The van der Waals surface area contributed by atoms with Gasteiger partial charge in [-0.2, -0.15) is 0 Å². The molecule has 13 heavy (non-hydrogen) atoms. The second-order valence-corrected chi connectivity index (χ2v) is 2.65. The summed E-state index contributed by atoms with van der Waals surface area (Å²) in [5, 5.41) is 10.8. The molecule has 0 bridgehead atoms. The number of halogens is 1. The van der Waals surface area contributed by atoms with E-state index < -0.39 is 4.92 Å². The maximum Gasteiger partial charge on any atom is 0.287 e. The van der Waals surface area contributed by atoms with Crippen LogP contribution >= 0.6 is 15.9 Å². The molecule has 1 rings (SSSR count). The lowest BCUT2D eigenvalue weighted by Gasteiger charge is -1.89. The molecule has 66 valence electrons. The van der Waals surface area contributed by atoms with Crippen LogP contribution in [0.3, 0.4) is 0 Å². The van der Waals surface area contributed by atoms with Crippen molar-refractivity contribution in [1.29, 1.82) is 0 Å². The van der Waals surface area contributed by atoms with Gasteiger partial charge in [-0.15, -0.1) is 0 Å². The highest BCUT2D eigenvalue weighted by Gasteiger charge is 2.03. The highest BCUT2D eigenvalue weighted by molar-refractivity contribution is 9.09. The largest absolute Gasteiger partial charge is 0.287 e. The normalized spacial score (nSPS) is 8.69. The molecule has 0 atom stereocenters. The fraction of sp³-hybridized carbons (Fsp3) is 0.125. The summed E-state index contributed by atoms with van der Waals surface area (Å²) in [6, 6.07) is 2.90. The van der Waals surface area contributed by atoms with Crippen LogP contribution in [0.1, 0.15) is 5.69 Å². The van der Waals surface area contributed by atoms with E-state index >= 15 is 0 Å². The Labute approximate surface area is 83.3 Å². The number of hydrogen-bond donors (Lipinski definition) is 0. The van der Waals surface area contributed by atoms with Gasteiger partial charge < -0.3 is 0 Å². The van der Waals surface area contributed by atoms with Crippen LogP contribution in [-0.4, -0.2) is 15.2 Å². The van der Waals surface area contributed by atoms with Crippen LogP contribution in [0.5, 0.6) is 0 Å². The third kappa shape index (κ3) is 2.84. The summed E-state index contributed by atoms with van der Waals surface area (Å²) in [5.74, 6) is 5.48. The highest BCUT2D eigenvalue weighted by atomic mass is 79.9. The van der Waals surface area contributed by atoms with Gasteiger partial charge in [0, 0.05) is 6.07 Å². The zero-order chi connectivity index (χ0) is 9.68. The number of nitrogens with zero attached hydrogens (tertiary/aromatic N) is 2. The first-order valence-corrected chi connectivity index (χ1v) is 4.51. The second-order valence-electron chi connectivity index (χ2n) is 2.09. The van der Waals surface area contributed by atoms with E-state index in [9.17, 15) is 10.1 Å². The molecule has 0 fully saturated rings. The molecule has 0 spiro atoms. The number of alkyl halides is 1. The van der Waals surface area contributed by atoms with Crippen LogP contribution in [0.4, 0.5) is 5.69 Å². The summed E-state index contributed by atoms with van der Waals surface area (Å²) in [7, 11) is 0. The average molecular weight is 241 g/mol. The SMILES string of the molecule is O=[N+]([O-])c1ccc(C#CCBr)nc1. The molecule has 0 amide bonds. The molecule has 0 N–H and O–H groups in total. The number of aromatic nitrogens is 1. The molecule has 0 saturated heterocycles. The van der Waals surface area contributed by atoms with Gasteiger partial charge in [0.05, 0.1) is 10.3 Å². The Bertz CT molecular complexity index is 364. The Hall–Kier alpha value is -1.41. The number of rotatable bonds is 1. The molecular weight excluding hydrogens is 236 g/mol. The van der Waals surface area contributed by atoms with Crippen molar-refractivity contribution in [3.63, 3.8) is 0 Å². The minimum Gasteiger partial charge on any atom is -0.258 e. The van der Waals surface area contributed by atoms with Gasteiger partial charge in [0.25, 0.3) is 5.69 Å². The Balaban J connectivity index is 2.87. The van der Waals surface area contributed by atoms with Gasteiger partial charge in [-0.05, 0) is 12.0 Å². The average Bonchev–Trinajstić information content (AvgIpc) is 2.15. The van der Waals surface area contributed by atoms with Crippen LogP contribution in [0.2, 0.25) is 0 Å². The maximum atomic E-state index is 10.2. The Morgan fingerprint density at radius 1 is 1.62 bits per heavy atom. The number of hydrogen-bond acceptors (Lipinski definition) is 3. The molecule has 0 radical (unpaired) electrons. The summed E-state index contributed by atoms with van der Waals surface area (Å²) in [6.45, 7) is 0. The molecule has 0 aliphatic carbocycles. The molecular formula is C8H5BrN2O2. The fourth-order valence-electron chi connectivity index (χ4n) is 0.692. The summed E-state index contributed by atoms with van der Waals surface area (Å²) >= 11 is 3.13. The molecule has 5 heteroatoms. The van der Waals surface area contributed by atoms with Crippen molar-refractivity contribution in [2.24, 2.45) is 0 Å². The second kappa shape index (κ2) is 4.58. The van der Waals surface area contributed by atoms with Crippen molar-refractivity contribution < 1.29 is 4.92 Å². The topological polar surface area (TPSA) is 56.0 Å². The first-order valence-electron chi connectivity index (χ1n) is 3.39. The van der Waals surface area contributed by atoms with Gasteiger partial charge >= 0.3 is 0 Å². The van der Waals surface area contributed by atoms with Crippen LogP contribution < -0.4 is 0 Å². The van der Waals surface area contributed by atoms with Crippen LogP contribution in [0.15, 0.2) is 18.3 Å². The molecule has 0 saturated carbocycles. The van der Waals surface area contributed by atoms with E-state index in [2.05, 4.69) is 32.8 Å². The number of pyridine rings is 1. The van der Waals surface area contributed by atoms with Gasteiger partial charge in [0.1, 0.15) is 11.9 Å². The minimum atomic E-state index is -0.491. The van der Waals surface area contributed by atoms with Crippen molar-refractivity contribution in [2.45, 2.75) is 0 Å². The highest BCUT2D eigenvalue weighted by Crippen LogP contribution is 2.07. The van der Waals surface area contributed by atoms with E-state index in [4.69, 9.17) is 0 Å². The predicted molar refractivity (Wildman–Crippen MR) is 51.6 cm³/mol.